The van der Waals surface area contributed by atoms with E-state index in [1.165, 1.54) is 12.1 Å². The molecule has 1 atom stereocenters. The number of hydrogen-bond acceptors (Lipinski definition) is 5. The number of rotatable bonds is 7. The third-order valence-electron chi connectivity index (χ3n) is 3.20. The number of nitrogens with one attached hydrogen (secondary N) is 1. The Kier molecular flexibility index (Phi) is 7.10. The van der Waals surface area contributed by atoms with Gasteiger partial charge in [0, 0.05) is 18.7 Å². The molecule has 0 fully saturated rings. The van der Waals surface area contributed by atoms with Crippen LogP contribution in [0.1, 0.15) is 40.2 Å². The molecule has 0 unspecified atom stereocenters. The molecule has 0 aliphatic heterocycles. The third kappa shape index (κ3) is 6.91. The van der Waals surface area contributed by atoms with Crippen molar-refractivity contribution in [2.45, 2.75) is 46.3 Å². The van der Waals surface area contributed by atoms with Crippen molar-refractivity contribution in [2.24, 2.45) is 5.92 Å². The van der Waals surface area contributed by atoms with Gasteiger partial charge in [-0.15, -0.1) is 0 Å². The highest BCUT2D eigenvalue weighted by molar-refractivity contribution is 5.76. The minimum Gasteiger partial charge on any atom is -0.459 e. The maximum absolute atomic E-state index is 12.2. The summed E-state index contributed by atoms with van der Waals surface area (Å²) in [5.41, 5.74) is 0.413. The number of ether oxygens (including phenoxy) is 1. The summed E-state index contributed by atoms with van der Waals surface area (Å²) in [4.78, 5) is 22.4. The molecule has 6 nitrogen and oxygen atoms in total. The van der Waals surface area contributed by atoms with Gasteiger partial charge >= 0.3 is 5.97 Å². The molecule has 0 saturated carbocycles. The van der Waals surface area contributed by atoms with E-state index in [4.69, 9.17) is 4.74 Å². The molecule has 6 heteroatoms. The highest BCUT2D eigenvalue weighted by Gasteiger charge is 2.26. The number of carbonyl (C=O) groups is 1. The van der Waals surface area contributed by atoms with Gasteiger partial charge < -0.3 is 10.1 Å². The lowest BCUT2D eigenvalue weighted by molar-refractivity contribution is -0.384. The van der Waals surface area contributed by atoms with Crippen LogP contribution in [0.15, 0.2) is 30.3 Å². The second kappa shape index (κ2) is 8.59. The molecule has 0 saturated heterocycles. The first-order chi connectivity index (χ1) is 11.1. The minimum absolute atomic E-state index is 0.0649. The van der Waals surface area contributed by atoms with Crippen LogP contribution in [0.25, 0.3) is 6.08 Å². The molecule has 24 heavy (non-hydrogen) atoms. The lowest BCUT2D eigenvalue weighted by Crippen LogP contribution is -2.44. The Bertz CT molecular complexity index is 586. The maximum atomic E-state index is 12.2. The molecule has 1 N–H and O–H groups in total. The quantitative estimate of drug-likeness (QED) is 0.468. The average Bonchev–Trinajstić information content (AvgIpc) is 2.45. The fraction of sp³-hybridized carbons (Fsp3) is 0.500. The second-order valence-electron chi connectivity index (χ2n) is 6.91. The molecule has 0 aliphatic carbocycles. The number of nitrogens with zero attached hydrogens (tertiary/aromatic N) is 1. The summed E-state index contributed by atoms with van der Waals surface area (Å²) in [7, 11) is 0. The number of nitro benzene ring substituents is 1. The molecule has 0 heterocycles. The van der Waals surface area contributed by atoms with Crippen molar-refractivity contribution < 1.29 is 14.5 Å². The van der Waals surface area contributed by atoms with Crippen LogP contribution in [0.2, 0.25) is 0 Å². The topological polar surface area (TPSA) is 81.5 Å². The van der Waals surface area contributed by atoms with Crippen molar-refractivity contribution in [3.63, 3.8) is 0 Å². The van der Waals surface area contributed by atoms with Crippen LogP contribution >= 0.6 is 0 Å². The van der Waals surface area contributed by atoms with E-state index in [0.29, 0.717) is 6.54 Å². The Balaban J connectivity index is 2.58. The Morgan fingerprint density at radius 2 is 1.88 bits per heavy atom. The van der Waals surface area contributed by atoms with Crippen LogP contribution in [0.5, 0.6) is 0 Å². The molecule has 1 rings (SSSR count). The van der Waals surface area contributed by atoms with Crippen LogP contribution in [0.3, 0.4) is 0 Å². The van der Waals surface area contributed by atoms with Crippen LogP contribution in [0, 0.1) is 16.0 Å². The number of carbonyl (C=O) groups excluding carboxylic acids is 1. The zero-order valence-electron chi connectivity index (χ0n) is 14.9. The van der Waals surface area contributed by atoms with Gasteiger partial charge in [0.2, 0.25) is 0 Å². The molecular weight excluding hydrogens is 308 g/mol. The second-order valence-corrected chi connectivity index (χ2v) is 6.91. The Labute approximate surface area is 143 Å². The summed E-state index contributed by atoms with van der Waals surface area (Å²) in [6.07, 6.45) is 3.73. The largest absolute Gasteiger partial charge is 0.459 e. The van der Waals surface area contributed by atoms with Gasteiger partial charge in [-0.1, -0.05) is 26.0 Å². The van der Waals surface area contributed by atoms with Crippen molar-refractivity contribution in [3.8, 4) is 0 Å². The van der Waals surface area contributed by atoms with E-state index in [0.717, 1.165) is 5.56 Å². The van der Waals surface area contributed by atoms with Crippen molar-refractivity contribution in [2.75, 3.05) is 6.54 Å². The van der Waals surface area contributed by atoms with Gasteiger partial charge in [0.15, 0.2) is 0 Å². The Morgan fingerprint density at radius 3 is 2.33 bits per heavy atom. The summed E-state index contributed by atoms with van der Waals surface area (Å²) < 4.78 is 5.42. The summed E-state index contributed by atoms with van der Waals surface area (Å²) >= 11 is 0. The molecule has 0 radical (unpaired) electrons. The SMILES string of the molecule is CC(C)[C@H](NC/C=C/c1ccc([N+](=O)[O-])cc1)C(=O)OC(C)(C)C. The third-order valence-corrected chi connectivity index (χ3v) is 3.20. The number of esters is 1. The van der Waals surface area contributed by atoms with E-state index in [1.807, 2.05) is 46.8 Å². The summed E-state index contributed by atoms with van der Waals surface area (Å²) in [5, 5.41) is 13.8. The molecule has 0 aromatic heterocycles. The van der Waals surface area contributed by atoms with Crippen molar-refractivity contribution in [3.05, 3.63) is 46.0 Å². The highest BCUT2D eigenvalue weighted by atomic mass is 16.6. The number of non-ortho nitro benzene ring substituents is 1. The summed E-state index contributed by atoms with van der Waals surface area (Å²) in [6.45, 7) is 9.95. The Hall–Kier alpha value is -2.21. The van der Waals surface area contributed by atoms with E-state index in [2.05, 4.69) is 5.32 Å². The predicted molar refractivity (Wildman–Crippen MR) is 94.6 cm³/mol. The maximum Gasteiger partial charge on any atom is 0.323 e. The number of nitro groups is 1. The van der Waals surface area contributed by atoms with Crippen molar-refractivity contribution >= 4 is 17.7 Å². The molecule has 0 spiro atoms. The molecule has 0 amide bonds. The molecule has 0 bridgehead atoms. The zero-order chi connectivity index (χ0) is 18.3. The van der Waals surface area contributed by atoms with E-state index in [1.54, 1.807) is 12.1 Å². The highest BCUT2D eigenvalue weighted by Crippen LogP contribution is 2.14. The van der Waals surface area contributed by atoms with Crippen LogP contribution < -0.4 is 5.32 Å². The predicted octanol–water partition coefficient (Wildman–Crippen LogP) is 3.56. The number of benzene rings is 1. The lowest BCUT2D eigenvalue weighted by Gasteiger charge is -2.26. The smallest absolute Gasteiger partial charge is 0.323 e. The standard InChI is InChI=1S/C18H26N2O4/c1-13(2)16(17(21)24-18(3,4)5)19-12-6-7-14-8-10-15(11-9-14)20(22)23/h6-11,13,16,19H,12H2,1-5H3/b7-6+/t16-/m0/s1. The van der Waals surface area contributed by atoms with E-state index in [-0.39, 0.29) is 23.6 Å². The first kappa shape index (κ1) is 19.8. The van der Waals surface area contributed by atoms with Gasteiger partial charge in [-0.05, 0) is 44.4 Å². The molecule has 1 aromatic rings. The minimum atomic E-state index is -0.513. The van der Waals surface area contributed by atoms with Crippen LogP contribution in [-0.4, -0.2) is 29.1 Å². The van der Waals surface area contributed by atoms with Gasteiger partial charge in [0.25, 0.3) is 5.69 Å². The molecular formula is C18H26N2O4. The fourth-order valence-corrected chi connectivity index (χ4v) is 2.05. The number of hydrogen-bond donors (Lipinski definition) is 1. The van der Waals surface area contributed by atoms with Crippen molar-refractivity contribution in [1.29, 1.82) is 0 Å². The lowest BCUT2D eigenvalue weighted by atomic mass is 10.0. The van der Waals surface area contributed by atoms with Gasteiger partial charge in [0.1, 0.15) is 11.6 Å². The molecule has 0 aliphatic rings. The summed E-state index contributed by atoms with van der Waals surface area (Å²) in [6, 6.07) is 5.91. The van der Waals surface area contributed by atoms with E-state index >= 15 is 0 Å². The molecule has 132 valence electrons. The monoisotopic (exact) mass is 334 g/mol. The van der Waals surface area contributed by atoms with E-state index < -0.39 is 10.5 Å². The molecule has 1 aromatic carbocycles. The van der Waals surface area contributed by atoms with Crippen LogP contribution in [0.4, 0.5) is 5.69 Å². The first-order valence-electron chi connectivity index (χ1n) is 7.97. The van der Waals surface area contributed by atoms with Crippen molar-refractivity contribution in [1.82, 2.24) is 5.32 Å². The fourth-order valence-electron chi connectivity index (χ4n) is 2.05. The first-order valence-corrected chi connectivity index (χ1v) is 7.97. The van der Waals surface area contributed by atoms with Gasteiger partial charge in [-0.2, -0.15) is 0 Å². The van der Waals surface area contributed by atoms with Gasteiger partial charge in [0.05, 0.1) is 4.92 Å². The van der Waals surface area contributed by atoms with E-state index in [9.17, 15) is 14.9 Å². The van der Waals surface area contributed by atoms with Crippen LogP contribution in [-0.2, 0) is 9.53 Å². The van der Waals surface area contributed by atoms with Gasteiger partial charge in [-0.3, -0.25) is 14.9 Å². The normalized spacial score (nSPS) is 13.2. The average molecular weight is 334 g/mol. The van der Waals surface area contributed by atoms with Gasteiger partial charge in [-0.25, -0.2) is 0 Å². The summed E-state index contributed by atoms with van der Waals surface area (Å²) in [5.74, 6) is -0.158. The Morgan fingerprint density at radius 1 is 1.29 bits per heavy atom. The zero-order valence-corrected chi connectivity index (χ0v) is 14.9.